The standard InChI is InChI=1S/C13H7F3N2O2S/c1-20-13(19)7-4-6-8(14)9(15)11(10(16)12(6)21-7)18-3-2-17-5-18/h2-5H,1H3. The minimum Gasteiger partial charge on any atom is -0.465 e. The molecule has 3 aromatic rings. The molecule has 21 heavy (non-hydrogen) atoms. The minimum absolute atomic E-state index is 0.00696. The zero-order valence-corrected chi connectivity index (χ0v) is 11.4. The van der Waals surface area contributed by atoms with Gasteiger partial charge in [-0.25, -0.2) is 22.9 Å². The van der Waals surface area contributed by atoms with Crippen molar-refractivity contribution in [1.82, 2.24) is 9.55 Å². The molecule has 4 nitrogen and oxygen atoms in total. The van der Waals surface area contributed by atoms with Crippen LogP contribution in [0.3, 0.4) is 0 Å². The maximum atomic E-state index is 14.5. The summed E-state index contributed by atoms with van der Waals surface area (Å²) in [6.45, 7) is 0. The quantitative estimate of drug-likeness (QED) is 0.539. The first-order chi connectivity index (χ1) is 10.0. The topological polar surface area (TPSA) is 44.1 Å². The monoisotopic (exact) mass is 312 g/mol. The second kappa shape index (κ2) is 4.88. The van der Waals surface area contributed by atoms with Crippen molar-refractivity contribution in [3.05, 3.63) is 47.1 Å². The number of halogens is 3. The average molecular weight is 312 g/mol. The molecule has 0 saturated carbocycles. The molecule has 0 fully saturated rings. The number of methoxy groups -OCH3 is 1. The Morgan fingerprint density at radius 1 is 1.29 bits per heavy atom. The van der Waals surface area contributed by atoms with Crippen LogP contribution in [-0.2, 0) is 4.74 Å². The molecular weight excluding hydrogens is 305 g/mol. The molecule has 0 bridgehead atoms. The molecule has 2 heterocycles. The lowest BCUT2D eigenvalue weighted by atomic mass is 10.2. The summed E-state index contributed by atoms with van der Waals surface area (Å²) < 4.78 is 48.0. The van der Waals surface area contributed by atoms with E-state index in [1.807, 2.05) is 0 Å². The lowest BCUT2D eigenvalue weighted by molar-refractivity contribution is 0.0606. The molecule has 0 unspecified atom stereocenters. The Labute approximate surface area is 120 Å². The molecule has 0 saturated heterocycles. The molecule has 0 aliphatic rings. The Kier molecular flexibility index (Phi) is 3.17. The highest BCUT2D eigenvalue weighted by molar-refractivity contribution is 7.20. The van der Waals surface area contributed by atoms with Crippen LogP contribution >= 0.6 is 11.3 Å². The summed E-state index contributed by atoms with van der Waals surface area (Å²) in [5, 5.41) is -0.292. The number of hydrogen-bond donors (Lipinski definition) is 0. The number of fused-ring (bicyclic) bond motifs is 1. The molecule has 0 spiro atoms. The average Bonchev–Trinajstić information content (AvgIpc) is 3.13. The van der Waals surface area contributed by atoms with Gasteiger partial charge in [-0.3, -0.25) is 0 Å². The number of thiophene rings is 1. The number of carbonyl (C=O) groups is 1. The predicted molar refractivity (Wildman–Crippen MR) is 70.2 cm³/mol. The van der Waals surface area contributed by atoms with Gasteiger partial charge in [0, 0.05) is 17.8 Å². The first-order valence-corrected chi connectivity index (χ1v) is 6.53. The second-order valence-electron chi connectivity index (χ2n) is 4.11. The zero-order valence-electron chi connectivity index (χ0n) is 10.6. The van der Waals surface area contributed by atoms with Crippen molar-refractivity contribution < 1.29 is 22.7 Å². The normalized spacial score (nSPS) is 11.0. The Bertz CT molecular complexity index is 843. The van der Waals surface area contributed by atoms with Crippen LogP contribution in [0, 0.1) is 17.5 Å². The lowest BCUT2D eigenvalue weighted by Crippen LogP contribution is -2.02. The molecule has 3 rings (SSSR count). The second-order valence-corrected chi connectivity index (χ2v) is 5.16. The Hall–Kier alpha value is -2.35. The van der Waals surface area contributed by atoms with Gasteiger partial charge in [0.05, 0.1) is 18.1 Å². The van der Waals surface area contributed by atoms with Crippen molar-refractivity contribution in [2.75, 3.05) is 7.11 Å². The van der Waals surface area contributed by atoms with E-state index in [1.54, 1.807) is 0 Å². The summed E-state index contributed by atoms with van der Waals surface area (Å²) in [5.41, 5.74) is -0.573. The van der Waals surface area contributed by atoms with Gasteiger partial charge in [-0.05, 0) is 6.07 Å². The van der Waals surface area contributed by atoms with E-state index in [-0.39, 0.29) is 15.0 Å². The van der Waals surface area contributed by atoms with E-state index >= 15 is 0 Å². The molecule has 0 N–H and O–H groups in total. The zero-order chi connectivity index (χ0) is 15.1. The molecule has 108 valence electrons. The molecule has 0 aliphatic heterocycles. The molecule has 2 aromatic heterocycles. The number of hydrogen-bond acceptors (Lipinski definition) is 4. The third-order valence-electron chi connectivity index (χ3n) is 2.93. The highest BCUT2D eigenvalue weighted by atomic mass is 32.1. The van der Waals surface area contributed by atoms with E-state index in [0.717, 1.165) is 24.1 Å². The van der Waals surface area contributed by atoms with Crippen molar-refractivity contribution in [2.45, 2.75) is 0 Å². The lowest BCUT2D eigenvalue weighted by Gasteiger charge is -2.07. The number of esters is 1. The van der Waals surface area contributed by atoms with Gasteiger partial charge in [-0.15, -0.1) is 11.3 Å². The van der Waals surface area contributed by atoms with Crippen LogP contribution in [0.25, 0.3) is 15.8 Å². The van der Waals surface area contributed by atoms with Crippen molar-refractivity contribution in [3.8, 4) is 5.69 Å². The summed E-state index contributed by atoms with van der Waals surface area (Å²) in [7, 11) is 1.15. The molecule has 0 atom stereocenters. The van der Waals surface area contributed by atoms with Gasteiger partial charge in [0.2, 0.25) is 0 Å². The van der Waals surface area contributed by atoms with Crippen molar-refractivity contribution in [2.24, 2.45) is 0 Å². The first-order valence-electron chi connectivity index (χ1n) is 5.71. The summed E-state index contributed by atoms with van der Waals surface area (Å²) in [5.74, 6) is -4.25. The first kappa shape index (κ1) is 13.6. The molecule has 0 aliphatic carbocycles. The van der Waals surface area contributed by atoms with Crippen LogP contribution in [0.1, 0.15) is 9.67 Å². The van der Waals surface area contributed by atoms with Gasteiger partial charge >= 0.3 is 5.97 Å². The van der Waals surface area contributed by atoms with Crippen LogP contribution < -0.4 is 0 Å². The van der Waals surface area contributed by atoms with Crippen LogP contribution in [0.15, 0.2) is 24.8 Å². The number of aromatic nitrogens is 2. The summed E-state index contributed by atoms with van der Waals surface area (Å²) >= 11 is 0.701. The van der Waals surface area contributed by atoms with Gasteiger partial charge in [0.25, 0.3) is 0 Å². The summed E-state index contributed by atoms with van der Waals surface area (Å²) in [6.07, 6.45) is 3.76. The van der Waals surface area contributed by atoms with Crippen molar-refractivity contribution in [1.29, 1.82) is 0 Å². The van der Waals surface area contributed by atoms with E-state index in [1.165, 1.54) is 12.4 Å². The fourth-order valence-corrected chi connectivity index (χ4v) is 2.97. The fourth-order valence-electron chi connectivity index (χ4n) is 1.96. The Balaban J connectivity index is 2.35. The van der Waals surface area contributed by atoms with Gasteiger partial charge in [0.15, 0.2) is 17.5 Å². The SMILES string of the molecule is COC(=O)c1cc2c(F)c(F)c(-n3ccnc3)c(F)c2s1. The van der Waals surface area contributed by atoms with Crippen LogP contribution in [0.4, 0.5) is 13.2 Å². The fraction of sp³-hybridized carbons (Fsp3) is 0.0769. The minimum atomic E-state index is -1.34. The van der Waals surface area contributed by atoms with Gasteiger partial charge in [-0.2, -0.15) is 0 Å². The van der Waals surface area contributed by atoms with Gasteiger partial charge in [0.1, 0.15) is 10.6 Å². The number of nitrogens with zero attached hydrogens (tertiary/aromatic N) is 2. The smallest absolute Gasteiger partial charge is 0.348 e. The highest BCUT2D eigenvalue weighted by Gasteiger charge is 2.25. The number of rotatable bonds is 2. The van der Waals surface area contributed by atoms with E-state index in [0.29, 0.717) is 11.3 Å². The molecule has 0 radical (unpaired) electrons. The predicted octanol–water partition coefficient (Wildman–Crippen LogP) is 3.29. The molecule has 0 amide bonds. The van der Waals surface area contributed by atoms with Crippen LogP contribution in [0.2, 0.25) is 0 Å². The van der Waals surface area contributed by atoms with Crippen molar-refractivity contribution in [3.63, 3.8) is 0 Å². The summed E-state index contributed by atoms with van der Waals surface area (Å²) in [4.78, 5) is 15.1. The number of ether oxygens (including phenoxy) is 1. The van der Waals surface area contributed by atoms with E-state index in [4.69, 9.17) is 0 Å². The molecular formula is C13H7F3N2O2S. The van der Waals surface area contributed by atoms with E-state index in [9.17, 15) is 18.0 Å². The third-order valence-corrected chi connectivity index (χ3v) is 4.03. The van der Waals surface area contributed by atoms with Crippen LogP contribution in [-0.4, -0.2) is 22.6 Å². The molecule has 1 aromatic carbocycles. The van der Waals surface area contributed by atoms with Crippen molar-refractivity contribution >= 4 is 27.4 Å². The van der Waals surface area contributed by atoms with E-state index < -0.39 is 29.1 Å². The Morgan fingerprint density at radius 2 is 2.05 bits per heavy atom. The van der Waals surface area contributed by atoms with Gasteiger partial charge in [-0.1, -0.05) is 0 Å². The Morgan fingerprint density at radius 3 is 2.67 bits per heavy atom. The van der Waals surface area contributed by atoms with Crippen LogP contribution in [0.5, 0.6) is 0 Å². The maximum Gasteiger partial charge on any atom is 0.348 e. The van der Waals surface area contributed by atoms with E-state index in [2.05, 4.69) is 9.72 Å². The largest absolute Gasteiger partial charge is 0.465 e. The number of imidazole rings is 1. The van der Waals surface area contributed by atoms with Gasteiger partial charge < -0.3 is 9.30 Å². The number of benzene rings is 1. The summed E-state index contributed by atoms with van der Waals surface area (Å²) in [6, 6.07) is 1.07. The third kappa shape index (κ3) is 1.99. The highest BCUT2D eigenvalue weighted by Crippen LogP contribution is 2.35. The maximum absolute atomic E-state index is 14.5. The number of carbonyl (C=O) groups excluding carboxylic acids is 1. The molecule has 8 heteroatoms.